The number of rotatable bonds is 12. The molecule has 0 radical (unpaired) electrons. The first kappa shape index (κ1) is 36.2. The van der Waals surface area contributed by atoms with Crippen LogP contribution in [-0.2, 0) is 38.7 Å². The minimum Gasteiger partial charge on any atom is -0.445 e. The van der Waals surface area contributed by atoms with Gasteiger partial charge in [0.1, 0.15) is 6.61 Å². The Morgan fingerprint density at radius 2 is 1.49 bits per heavy atom. The number of hydrogen-bond donors (Lipinski definition) is 1. The summed E-state index contributed by atoms with van der Waals surface area (Å²) in [6.45, 7) is 3.78. The number of benzene rings is 3. The first-order chi connectivity index (χ1) is 22.2. The Hall–Kier alpha value is -3.61. The molecule has 4 rings (SSSR count). The molecule has 1 saturated heterocycles. The molecule has 2 N–H and O–H groups in total. The van der Waals surface area contributed by atoms with Crippen molar-refractivity contribution in [2.24, 2.45) is 5.73 Å². The maximum atomic E-state index is 14.0. The van der Waals surface area contributed by atoms with E-state index in [1.165, 1.54) is 11.8 Å². The van der Waals surface area contributed by atoms with Crippen molar-refractivity contribution in [3.8, 4) is 0 Å². The van der Waals surface area contributed by atoms with Gasteiger partial charge >= 0.3 is 18.4 Å². The molecule has 1 heterocycles. The fraction of sp³-hybridized carbons (Fsp3) is 0.457. The highest BCUT2D eigenvalue weighted by Gasteiger charge is 2.51. The van der Waals surface area contributed by atoms with E-state index >= 15 is 0 Å². The van der Waals surface area contributed by atoms with Crippen molar-refractivity contribution >= 4 is 6.09 Å². The smallest absolute Gasteiger partial charge is 0.416 e. The molecule has 0 bridgehead atoms. The lowest BCUT2D eigenvalue weighted by Gasteiger charge is -2.52. The third-order valence-corrected chi connectivity index (χ3v) is 8.45. The molecule has 3 aromatic rings. The van der Waals surface area contributed by atoms with Gasteiger partial charge in [0.15, 0.2) is 0 Å². The van der Waals surface area contributed by atoms with E-state index in [-0.39, 0.29) is 44.4 Å². The van der Waals surface area contributed by atoms with E-state index in [0.29, 0.717) is 30.7 Å². The predicted octanol–water partition coefficient (Wildman–Crippen LogP) is 8.64. The Kier molecular flexibility index (Phi) is 11.6. The van der Waals surface area contributed by atoms with Gasteiger partial charge in [-0.3, -0.25) is 4.90 Å². The molecule has 3 aromatic carbocycles. The van der Waals surface area contributed by atoms with Gasteiger partial charge in [0, 0.05) is 13.2 Å². The van der Waals surface area contributed by atoms with Gasteiger partial charge in [0.25, 0.3) is 0 Å². The normalized spacial score (nSPS) is 21.0. The molecule has 1 aliphatic rings. The highest BCUT2D eigenvalue weighted by atomic mass is 19.4. The summed E-state index contributed by atoms with van der Waals surface area (Å²) >= 11 is 0. The van der Waals surface area contributed by atoms with Crippen LogP contribution in [0, 0.1) is 0 Å². The third-order valence-electron chi connectivity index (χ3n) is 8.45. The number of ether oxygens (including phenoxy) is 3. The quantitative estimate of drug-likeness (QED) is 0.155. The van der Waals surface area contributed by atoms with Crippen LogP contribution in [0.15, 0.2) is 78.9 Å². The van der Waals surface area contributed by atoms with Crippen LogP contribution in [0.2, 0.25) is 0 Å². The topological polar surface area (TPSA) is 74.0 Å². The minimum absolute atomic E-state index is 0.00115. The van der Waals surface area contributed by atoms with Crippen LogP contribution in [-0.4, -0.2) is 42.9 Å². The number of piperidine rings is 1. The zero-order valence-electron chi connectivity index (χ0n) is 26.4. The number of carbonyl (C=O) groups is 1. The number of alkyl halides is 6. The van der Waals surface area contributed by atoms with E-state index in [9.17, 15) is 31.1 Å². The molecule has 12 heteroatoms. The Bertz CT molecular complexity index is 1420. The van der Waals surface area contributed by atoms with Crippen LogP contribution in [0.4, 0.5) is 31.1 Å². The van der Waals surface area contributed by atoms with Crippen molar-refractivity contribution in [2.45, 2.75) is 75.7 Å². The molecule has 0 aromatic heterocycles. The lowest BCUT2D eigenvalue weighted by atomic mass is 9.75. The van der Waals surface area contributed by atoms with Gasteiger partial charge in [-0.1, -0.05) is 74.0 Å². The van der Waals surface area contributed by atoms with Gasteiger partial charge in [-0.25, -0.2) is 4.79 Å². The summed E-state index contributed by atoms with van der Waals surface area (Å²) < 4.78 is 99.4. The summed E-state index contributed by atoms with van der Waals surface area (Å²) in [5, 5.41) is 0. The van der Waals surface area contributed by atoms with Crippen molar-refractivity contribution in [3.63, 3.8) is 0 Å². The van der Waals surface area contributed by atoms with Gasteiger partial charge in [0.2, 0.25) is 0 Å². The Labute approximate surface area is 270 Å². The summed E-state index contributed by atoms with van der Waals surface area (Å²) in [5.41, 5.74) is 2.87. The van der Waals surface area contributed by atoms with E-state index in [1.807, 2.05) is 25.1 Å². The lowest BCUT2D eigenvalue weighted by Crippen LogP contribution is -2.66. The van der Waals surface area contributed by atoms with Crippen molar-refractivity contribution in [1.29, 1.82) is 0 Å². The van der Waals surface area contributed by atoms with Crippen LogP contribution in [0.5, 0.6) is 0 Å². The van der Waals surface area contributed by atoms with Gasteiger partial charge in [-0.15, -0.1) is 0 Å². The number of amides is 1. The Balaban J connectivity index is 1.69. The molecular formula is C35H40F6N2O4. The number of nitrogens with zero attached hydrogens (tertiary/aromatic N) is 1. The van der Waals surface area contributed by atoms with E-state index in [2.05, 4.69) is 0 Å². The molecule has 1 amide bonds. The number of unbranched alkanes of at least 4 members (excludes halogenated alkanes) is 1. The predicted molar refractivity (Wildman–Crippen MR) is 164 cm³/mol. The molecule has 3 atom stereocenters. The van der Waals surface area contributed by atoms with Crippen molar-refractivity contribution in [2.75, 3.05) is 26.4 Å². The van der Waals surface area contributed by atoms with Gasteiger partial charge in [0.05, 0.1) is 41.5 Å². The second kappa shape index (κ2) is 15.1. The molecule has 0 unspecified atom stereocenters. The van der Waals surface area contributed by atoms with Crippen LogP contribution in [0.25, 0.3) is 0 Å². The lowest BCUT2D eigenvalue weighted by molar-refractivity contribution is -0.143. The first-order valence-electron chi connectivity index (χ1n) is 15.5. The fourth-order valence-corrected chi connectivity index (χ4v) is 5.67. The van der Waals surface area contributed by atoms with E-state index < -0.39 is 46.8 Å². The van der Waals surface area contributed by atoms with Crippen molar-refractivity contribution in [3.05, 3.63) is 107 Å². The first-order valence-corrected chi connectivity index (χ1v) is 15.5. The van der Waals surface area contributed by atoms with Crippen LogP contribution in [0.1, 0.15) is 73.5 Å². The molecule has 1 fully saturated rings. The molecule has 0 saturated carbocycles. The van der Waals surface area contributed by atoms with Gasteiger partial charge in [-0.2, -0.15) is 26.3 Å². The SMILES string of the molecule is CCCCOC[C@@]1(N)CC[C@@](CO[C@H](C)c2cc(C(F)(F)F)cc(C(F)(F)F)c2)(c2ccccc2)N(C(=O)OCc2ccccc2)C1. The molecule has 256 valence electrons. The summed E-state index contributed by atoms with van der Waals surface area (Å²) in [6, 6.07) is 19.4. The largest absolute Gasteiger partial charge is 0.445 e. The van der Waals surface area contributed by atoms with E-state index in [0.717, 1.165) is 18.4 Å². The average molecular weight is 667 g/mol. The van der Waals surface area contributed by atoms with Gasteiger partial charge in [-0.05, 0) is 61.1 Å². The molecule has 47 heavy (non-hydrogen) atoms. The zero-order chi connectivity index (χ0) is 34.3. The zero-order valence-corrected chi connectivity index (χ0v) is 26.4. The minimum atomic E-state index is -5.01. The summed E-state index contributed by atoms with van der Waals surface area (Å²) in [6.07, 6.45) is -9.51. The highest BCUT2D eigenvalue weighted by molar-refractivity contribution is 5.70. The van der Waals surface area contributed by atoms with E-state index in [1.54, 1.807) is 42.5 Å². The fourth-order valence-electron chi connectivity index (χ4n) is 5.67. The number of hydrogen-bond acceptors (Lipinski definition) is 5. The van der Waals surface area contributed by atoms with E-state index in [4.69, 9.17) is 19.9 Å². The second-order valence-corrected chi connectivity index (χ2v) is 12.1. The standard InChI is InChI=1S/C35H40F6N2O4/c1-3-4-17-45-23-32(42)15-16-33(28-13-9-6-10-14-28,43(22-32)31(44)46-21-26-11-7-5-8-12-26)24-47-25(2)27-18-29(34(36,37)38)20-30(19-27)35(39,40)41/h5-14,18-20,25H,3-4,15-17,21-24,42H2,1-2H3/t25-,32-,33-/m1/s1. The summed E-state index contributed by atoms with van der Waals surface area (Å²) in [4.78, 5) is 15.4. The number of halogens is 6. The number of nitrogens with two attached hydrogens (primary N) is 1. The maximum Gasteiger partial charge on any atom is 0.416 e. The van der Waals surface area contributed by atoms with Gasteiger partial charge < -0.3 is 19.9 Å². The highest BCUT2D eigenvalue weighted by Crippen LogP contribution is 2.43. The molecule has 1 aliphatic heterocycles. The van der Waals surface area contributed by atoms with Crippen LogP contribution >= 0.6 is 0 Å². The summed E-state index contributed by atoms with van der Waals surface area (Å²) in [7, 11) is 0. The molecule has 0 spiro atoms. The number of likely N-dealkylation sites (tertiary alicyclic amines) is 1. The van der Waals surface area contributed by atoms with Crippen molar-refractivity contribution < 1.29 is 45.3 Å². The Morgan fingerprint density at radius 1 is 0.894 bits per heavy atom. The molecule has 0 aliphatic carbocycles. The monoisotopic (exact) mass is 666 g/mol. The van der Waals surface area contributed by atoms with Crippen LogP contribution < -0.4 is 5.73 Å². The maximum absolute atomic E-state index is 14.0. The van der Waals surface area contributed by atoms with Crippen molar-refractivity contribution in [1.82, 2.24) is 4.90 Å². The third kappa shape index (κ3) is 9.27. The molecular weight excluding hydrogens is 626 g/mol. The second-order valence-electron chi connectivity index (χ2n) is 12.1. The summed E-state index contributed by atoms with van der Waals surface area (Å²) in [5.74, 6) is 0. The Morgan fingerprint density at radius 3 is 2.06 bits per heavy atom. The molecule has 6 nitrogen and oxygen atoms in total. The average Bonchev–Trinajstić information content (AvgIpc) is 3.05. The number of carbonyl (C=O) groups excluding carboxylic acids is 1. The van der Waals surface area contributed by atoms with Crippen LogP contribution in [0.3, 0.4) is 0 Å².